The number of morpholine rings is 1. The molecule has 24 heavy (non-hydrogen) atoms. The van der Waals surface area contributed by atoms with Crippen molar-refractivity contribution in [3.63, 3.8) is 0 Å². The molecule has 3 heterocycles. The molecule has 0 radical (unpaired) electrons. The fourth-order valence-electron chi connectivity index (χ4n) is 3.31. The van der Waals surface area contributed by atoms with Crippen LogP contribution >= 0.6 is 0 Å². The quantitative estimate of drug-likeness (QED) is 0.748. The monoisotopic (exact) mass is 354 g/mol. The third-order valence-electron chi connectivity index (χ3n) is 4.79. The van der Waals surface area contributed by atoms with E-state index in [4.69, 9.17) is 4.74 Å². The summed E-state index contributed by atoms with van der Waals surface area (Å²) in [6.45, 7) is 9.43. The van der Waals surface area contributed by atoms with Gasteiger partial charge in [-0.15, -0.1) is 0 Å². The van der Waals surface area contributed by atoms with Crippen LogP contribution in [-0.4, -0.2) is 92.6 Å². The third-order valence-corrected chi connectivity index (χ3v) is 6.68. The molecule has 3 rings (SSSR count). The first kappa shape index (κ1) is 17.8. The van der Waals surface area contributed by atoms with Gasteiger partial charge in [-0.25, -0.2) is 8.42 Å². The molecule has 1 aromatic heterocycles. The highest BCUT2D eigenvalue weighted by atomic mass is 32.2. The first-order valence-corrected chi connectivity index (χ1v) is 9.96. The Morgan fingerprint density at radius 2 is 1.88 bits per heavy atom. The lowest BCUT2D eigenvalue weighted by molar-refractivity contribution is 0.0211. The molecule has 0 unspecified atom stereocenters. The Morgan fingerprint density at radius 1 is 1.17 bits per heavy atom. The number of hydrogen-bond donors (Lipinski definition) is 0. The molecule has 1 atom stereocenters. The highest BCUT2D eigenvalue weighted by Crippen LogP contribution is 2.17. The molecule has 0 aliphatic carbocycles. The van der Waals surface area contributed by atoms with E-state index < -0.39 is 10.0 Å². The average molecular weight is 354 g/mol. The van der Waals surface area contributed by atoms with E-state index in [1.165, 1.54) is 6.20 Å². The number of pyridine rings is 1. The zero-order chi connectivity index (χ0) is 17.0. The van der Waals surface area contributed by atoms with E-state index in [2.05, 4.69) is 21.7 Å². The molecule has 0 saturated carbocycles. The van der Waals surface area contributed by atoms with Gasteiger partial charge in [0.05, 0.1) is 13.2 Å². The Kier molecular flexibility index (Phi) is 5.83. The second-order valence-corrected chi connectivity index (χ2v) is 8.33. The highest BCUT2D eigenvalue weighted by Gasteiger charge is 2.30. The van der Waals surface area contributed by atoms with Crippen LogP contribution in [-0.2, 0) is 14.8 Å². The van der Waals surface area contributed by atoms with Gasteiger partial charge in [-0.2, -0.15) is 4.31 Å². The summed E-state index contributed by atoms with van der Waals surface area (Å²) in [6, 6.07) is 3.69. The standard InChI is InChI=1S/C16H26N4O3S/c1-15(14-18-9-11-23-12-10-18)19-5-7-20(8-6-19)24(21,22)16-3-2-4-17-13-16/h2-4,13,15H,5-12,14H2,1H3/t15-/m0/s1. The number of rotatable bonds is 5. The minimum atomic E-state index is -3.42. The van der Waals surface area contributed by atoms with Crippen LogP contribution < -0.4 is 0 Å². The molecule has 134 valence electrons. The van der Waals surface area contributed by atoms with E-state index in [1.54, 1.807) is 22.6 Å². The van der Waals surface area contributed by atoms with Crippen molar-refractivity contribution < 1.29 is 13.2 Å². The maximum atomic E-state index is 12.6. The fourth-order valence-corrected chi connectivity index (χ4v) is 4.69. The molecule has 0 N–H and O–H groups in total. The molecular weight excluding hydrogens is 328 g/mol. The average Bonchev–Trinajstić information content (AvgIpc) is 2.63. The number of ether oxygens (including phenoxy) is 1. The smallest absolute Gasteiger partial charge is 0.244 e. The van der Waals surface area contributed by atoms with Gasteiger partial charge in [0.25, 0.3) is 0 Å². The van der Waals surface area contributed by atoms with E-state index in [-0.39, 0.29) is 4.90 Å². The van der Waals surface area contributed by atoms with Crippen LogP contribution in [0.3, 0.4) is 0 Å². The summed E-state index contributed by atoms with van der Waals surface area (Å²) in [5, 5.41) is 0. The van der Waals surface area contributed by atoms with Crippen molar-refractivity contribution in [2.45, 2.75) is 17.9 Å². The van der Waals surface area contributed by atoms with Gasteiger partial charge in [0.1, 0.15) is 4.90 Å². The summed E-state index contributed by atoms with van der Waals surface area (Å²) in [5.41, 5.74) is 0. The highest BCUT2D eigenvalue weighted by molar-refractivity contribution is 7.89. The van der Waals surface area contributed by atoms with Crippen LogP contribution in [0.2, 0.25) is 0 Å². The fraction of sp³-hybridized carbons (Fsp3) is 0.688. The second-order valence-electron chi connectivity index (χ2n) is 6.39. The first-order valence-electron chi connectivity index (χ1n) is 8.52. The number of nitrogens with zero attached hydrogens (tertiary/aromatic N) is 4. The van der Waals surface area contributed by atoms with E-state index in [1.807, 2.05) is 0 Å². The van der Waals surface area contributed by atoms with E-state index in [0.717, 1.165) is 45.9 Å². The van der Waals surface area contributed by atoms with E-state index in [0.29, 0.717) is 19.1 Å². The van der Waals surface area contributed by atoms with Gasteiger partial charge in [-0.1, -0.05) is 0 Å². The van der Waals surface area contributed by atoms with Gasteiger partial charge in [0.2, 0.25) is 10.0 Å². The molecule has 8 heteroatoms. The molecule has 2 saturated heterocycles. The van der Waals surface area contributed by atoms with Crippen molar-refractivity contribution in [2.75, 3.05) is 59.0 Å². The predicted octanol–water partition coefficient (Wildman–Crippen LogP) is 0.109. The molecule has 0 spiro atoms. The van der Waals surface area contributed by atoms with Gasteiger partial charge in [0, 0.05) is 64.2 Å². The van der Waals surface area contributed by atoms with Gasteiger partial charge in [-0.05, 0) is 19.1 Å². The predicted molar refractivity (Wildman–Crippen MR) is 91.3 cm³/mol. The minimum absolute atomic E-state index is 0.278. The molecule has 2 aliphatic heterocycles. The summed E-state index contributed by atoms with van der Waals surface area (Å²) in [6.07, 6.45) is 3.01. The summed E-state index contributed by atoms with van der Waals surface area (Å²) in [7, 11) is -3.42. The summed E-state index contributed by atoms with van der Waals surface area (Å²) in [4.78, 5) is 9.00. The SMILES string of the molecule is C[C@@H](CN1CCOCC1)N1CCN(S(=O)(=O)c2cccnc2)CC1. The zero-order valence-corrected chi connectivity index (χ0v) is 15.0. The Bertz CT molecular complexity index is 611. The Morgan fingerprint density at radius 3 is 2.50 bits per heavy atom. The van der Waals surface area contributed by atoms with Crippen LogP contribution in [0.4, 0.5) is 0 Å². The van der Waals surface area contributed by atoms with Gasteiger partial charge in [0.15, 0.2) is 0 Å². The molecular formula is C16H26N4O3S. The van der Waals surface area contributed by atoms with Crippen molar-refractivity contribution in [1.82, 2.24) is 19.1 Å². The van der Waals surface area contributed by atoms with Crippen LogP contribution in [0.1, 0.15) is 6.92 Å². The largest absolute Gasteiger partial charge is 0.379 e. The van der Waals surface area contributed by atoms with Gasteiger partial charge in [-0.3, -0.25) is 14.8 Å². The zero-order valence-electron chi connectivity index (χ0n) is 14.2. The molecule has 2 aliphatic rings. The van der Waals surface area contributed by atoms with Crippen molar-refractivity contribution in [2.24, 2.45) is 0 Å². The van der Waals surface area contributed by atoms with Gasteiger partial charge >= 0.3 is 0 Å². The molecule has 1 aromatic rings. The number of hydrogen-bond acceptors (Lipinski definition) is 6. The Labute approximate surface area is 144 Å². The lowest BCUT2D eigenvalue weighted by Crippen LogP contribution is -2.54. The number of sulfonamides is 1. The van der Waals surface area contributed by atoms with E-state index in [9.17, 15) is 8.42 Å². The third kappa shape index (κ3) is 4.12. The van der Waals surface area contributed by atoms with Gasteiger partial charge < -0.3 is 4.74 Å². The minimum Gasteiger partial charge on any atom is -0.379 e. The maximum absolute atomic E-state index is 12.6. The lowest BCUT2D eigenvalue weighted by atomic mass is 10.2. The number of aromatic nitrogens is 1. The summed E-state index contributed by atoms with van der Waals surface area (Å²) >= 11 is 0. The van der Waals surface area contributed by atoms with Crippen molar-refractivity contribution in [3.8, 4) is 0 Å². The molecule has 0 aromatic carbocycles. The molecule has 0 amide bonds. The topological polar surface area (TPSA) is 66.0 Å². The lowest BCUT2D eigenvalue weighted by Gasteiger charge is -2.39. The van der Waals surface area contributed by atoms with Crippen molar-refractivity contribution in [3.05, 3.63) is 24.5 Å². The van der Waals surface area contributed by atoms with Crippen LogP contribution in [0.25, 0.3) is 0 Å². The molecule has 0 bridgehead atoms. The molecule has 7 nitrogen and oxygen atoms in total. The van der Waals surface area contributed by atoms with Crippen molar-refractivity contribution >= 4 is 10.0 Å². The maximum Gasteiger partial charge on any atom is 0.244 e. The van der Waals surface area contributed by atoms with Crippen LogP contribution in [0.15, 0.2) is 29.4 Å². The Hall–Kier alpha value is -1.06. The number of piperazine rings is 1. The normalized spacial score (nSPS) is 23.2. The van der Waals surface area contributed by atoms with E-state index >= 15 is 0 Å². The van der Waals surface area contributed by atoms with Crippen molar-refractivity contribution in [1.29, 1.82) is 0 Å². The summed E-state index contributed by atoms with van der Waals surface area (Å²) < 4.78 is 32.2. The van der Waals surface area contributed by atoms with Crippen LogP contribution in [0, 0.1) is 0 Å². The molecule has 2 fully saturated rings. The second kappa shape index (κ2) is 7.88. The summed E-state index contributed by atoms with van der Waals surface area (Å²) in [5.74, 6) is 0. The van der Waals surface area contributed by atoms with Crippen LogP contribution in [0.5, 0.6) is 0 Å². The first-order chi connectivity index (χ1) is 11.6. The Balaban J connectivity index is 1.53.